The van der Waals surface area contributed by atoms with Crippen LogP contribution in [0.2, 0.25) is 0 Å². The second-order valence-corrected chi connectivity index (χ2v) is 4.83. The Hall–Kier alpha value is -2.48. The summed E-state index contributed by atoms with van der Waals surface area (Å²) in [6, 6.07) is 3.23. The van der Waals surface area contributed by atoms with Crippen LogP contribution in [0, 0.1) is 0 Å². The van der Waals surface area contributed by atoms with Gasteiger partial charge in [0.25, 0.3) is 0 Å². The van der Waals surface area contributed by atoms with Gasteiger partial charge in [-0.1, -0.05) is 0 Å². The normalized spacial score (nSPS) is 10.0. The van der Waals surface area contributed by atoms with Crippen LogP contribution in [-0.4, -0.2) is 59.9 Å². The van der Waals surface area contributed by atoms with Gasteiger partial charge < -0.3 is 29.2 Å². The maximum Gasteiger partial charge on any atom is 0.240 e. The average Bonchev–Trinajstić information content (AvgIpc) is 2.58. The van der Waals surface area contributed by atoms with Crippen molar-refractivity contribution in [2.75, 3.05) is 53.0 Å². The molecule has 0 radical (unpaired) electrons. The molecule has 0 aliphatic carbocycles. The van der Waals surface area contributed by atoms with Crippen LogP contribution in [-0.2, 0) is 14.3 Å². The van der Waals surface area contributed by atoms with Crippen molar-refractivity contribution < 1.29 is 28.5 Å². The molecule has 1 N–H and O–H groups in total. The zero-order chi connectivity index (χ0) is 18.1. The lowest BCUT2D eigenvalue weighted by atomic mass is 10.2. The van der Waals surface area contributed by atoms with Crippen molar-refractivity contribution in [2.24, 2.45) is 0 Å². The van der Waals surface area contributed by atoms with E-state index in [0.717, 1.165) is 0 Å². The summed E-state index contributed by atoms with van der Waals surface area (Å²) in [6.45, 7) is 2.02. The maximum atomic E-state index is 12.0. The number of nitrogens with one attached hydrogen (secondary N) is 1. The molecule has 0 saturated heterocycles. The minimum atomic E-state index is -0.295. The first kappa shape index (κ1) is 19.6. The van der Waals surface area contributed by atoms with Gasteiger partial charge in [0.05, 0.1) is 33.6 Å². The van der Waals surface area contributed by atoms with Crippen LogP contribution in [0.3, 0.4) is 0 Å². The van der Waals surface area contributed by atoms with Crippen LogP contribution in [0.15, 0.2) is 12.1 Å². The number of benzene rings is 1. The van der Waals surface area contributed by atoms with E-state index in [9.17, 15) is 9.59 Å². The molecule has 134 valence electrons. The van der Waals surface area contributed by atoms with Crippen LogP contribution < -0.4 is 24.4 Å². The van der Waals surface area contributed by atoms with Gasteiger partial charge in [-0.05, 0) is 0 Å². The second-order valence-electron chi connectivity index (χ2n) is 4.83. The molecule has 0 bridgehead atoms. The largest absolute Gasteiger partial charge is 0.493 e. The summed E-state index contributed by atoms with van der Waals surface area (Å²) in [5.41, 5.74) is 0.471. The molecule has 0 unspecified atom stereocenters. The van der Waals surface area contributed by atoms with Crippen LogP contribution in [0.1, 0.15) is 6.92 Å². The molecule has 1 aromatic rings. The molecule has 0 aliphatic heterocycles. The molecule has 24 heavy (non-hydrogen) atoms. The molecule has 0 saturated carbocycles. The third-order valence-electron chi connectivity index (χ3n) is 3.27. The fraction of sp³-hybridized carbons (Fsp3) is 0.500. The van der Waals surface area contributed by atoms with Gasteiger partial charge in [-0.25, -0.2) is 0 Å². The van der Waals surface area contributed by atoms with Crippen LogP contribution in [0.4, 0.5) is 5.69 Å². The summed E-state index contributed by atoms with van der Waals surface area (Å²) in [7, 11) is 6.00. The number of nitrogens with zero attached hydrogens (tertiary/aromatic N) is 1. The zero-order valence-electron chi connectivity index (χ0n) is 14.7. The quantitative estimate of drug-likeness (QED) is 0.670. The standard InChI is InChI=1S/C16H24N2O6/c1-11(19)18(10-15(20)17-6-7-21-2)12-8-13(22-3)16(24-5)14(9-12)23-4/h8-9H,6-7,10H2,1-5H3,(H,17,20). The van der Waals surface area contributed by atoms with Crippen molar-refractivity contribution in [3.63, 3.8) is 0 Å². The van der Waals surface area contributed by atoms with Crippen molar-refractivity contribution in [3.8, 4) is 17.2 Å². The number of carbonyl (C=O) groups excluding carboxylic acids is 2. The zero-order valence-corrected chi connectivity index (χ0v) is 14.7. The molecule has 8 nitrogen and oxygen atoms in total. The molecule has 0 fully saturated rings. The first-order valence-corrected chi connectivity index (χ1v) is 7.32. The minimum absolute atomic E-state index is 0.127. The smallest absolute Gasteiger partial charge is 0.240 e. The molecule has 0 aromatic heterocycles. The Bertz CT molecular complexity index is 551. The third kappa shape index (κ3) is 5.02. The third-order valence-corrected chi connectivity index (χ3v) is 3.27. The summed E-state index contributed by atoms with van der Waals surface area (Å²) in [5, 5.41) is 2.67. The average molecular weight is 340 g/mol. The van der Waals surface area contributed by atoms with Crippen molar-refractivity contribution in [1.29, 1.82) is 0 Å². The van der Waals surface area contributed by atoms with Crippen molar-refractivity contribution in [2.45, 2.75) is 6.92 Å². The van der Waals surface area contributed by atoms with Gasteiger partial charge in [0.15, 0.2) is 11.5 Å². The predicted octanol–water partition coefficient (Wildman–Crippen LogP) is 0.828. The molecule has 8 heteroatoms. The molecule has 0 aliphatic rings. The Morgan fingerprint density at radius 3 is 2.04 bits per heavy atom. The van der Waals surface area contributed by atoms with Crippen molar-refractivity contribution in [1.82, 2.24) is 5.32 Å². The number of methoxy groups -OCH3 is 4. The van der Waals surface area contributed by atoms with Crippen LogP contribution in [0.5, 0.6) is 17.2 Å². The van der Waals surface area contributed by atoms with E-state index in [1.165, 1.54) is 33.2 Å². The minimum Gasteiger partial charge on any atom is -0.493 e. The SMILES string of the molecule is COCCNC(=O)CN(C(C)=O)c1cc(OC)c(OC)c(OC)c1. The monoisotopic (exact) mass is 340 g/mol. The number of hydrogen-bond donors (Lipinski definition) is 1. The molecule has 1 aromatic carbocycles. The van der Waals surface area contributed by atoms with E-state index < -0.39 is 0 Å². The first-order valence-electron chi connectivity index (χ1n) is 7.32. The summed E-state index contributed by atoms with van der Waals surface area (Å²) in [4.78, 5) is 25.3. The Morgan fingerprint density at radius 2 is 1.62 bits per heavy atom. The van der Waals surface area contributed by atoms with Gasteiger partial charge >= 0.3 is 0 Å². The number of ether oxygens (including phenoxy) is 4. The van der Waals surface area contributed by atoms with E-state index in [4.69, 9.17) is 18.9 Å². The summed E-state index contributed by atoms with van der Waals surface area (Å²) >= 11 is 0. The Labute approximate surface area is 141 Å². The lowest BCUT2D eigenvalue weighted by molar-refractivity contribution is -0.123. The predicted molar refractivity (Wildman–Crippen MR) is 89.0 cm³/mol. The van der Waals surface area contributed by atoms with Gasteiger partial charge in [0, 0.05) is 32.7 Å². The van der Waals surface area contributed by atoms with E-state index in [1.54, 1.807) is 19.2 Å². The number of anilines is 1. The molecule has 0 atom stereocenters. The lowest BCUT2D eigenvalue weighted by Gasteiger charge is -2.23. The number of hydrogen-bond acceptors (Lipinski definition) is 6. The second kappa shape index (κ2) is 9.61. The highest BCUT2D eigenvalue weighted by molar-refractivity contribution is 5.98. The van der Waals surface area contributed by atoms with Gasteiger partial charge in [0.1, 0.15) is 6.54 Å². The molecule has 1 rings (SSSR count). The molecular weight excluding hydrogens is 316 g/mol. The first-order chi connectivity index (χ1) is 11.5. The van der Waals surface area contributed by atoms with E-state index in [0.29, 0.717) is 36.1 Å². The van der Waals surface area contributed by atoms with Crippen molar-refractivity contribution >= 4 is 17.5 Å². The van der Waals surface area contributed by atoms with Gasteiger partial charge in [-0.15, -0.1) is 0 Å². The fourth-order valence-electron chi connectivity index (χ4n) is 2.10. The molecule has 0 spiro atoms. The Balaban J connectivity index is 3.08. The summed E-state index contributed by atoms with van der Waals surface area (Å²) in [6.07, 6.45) is 0. The Morgan fingerprint density at radius 1 is 1.04 bits per heavy atom. The topological polar surface area (TPSA) is 86.3 Å². The maximum absolute atomic E-state index is 12.0. The Kier molecular flexibility index (Phi) is 7.84. The molecule has 0 heterocycles. The number of rotatable bonds is 9. The van der Waals surface area contributed by atoms with Gasteiger partial charge in [0.2, 0.25) is 17.6 Å². The highest BCUT2D eigenvalue weighted by Crippen LogP contribution is 2.41. The van der Waals surface area contributed by atoms with Crippen LogP contribution in [0.25, 0.3) is 0 Å². The van der Waals surface area contributed by atoms with Gasteiger partial charge in [-0.2, -0.15) is 0 Å². The fourth-order valence-corrected chi connectivity index (χ4v) is 2.10. The van der Waals surface area contributed by atoms with Gasteiger partial charge in [-0.3, -0.25) is 9.59 Å². The summed E-state index contributed by atoms with van der Waals surface area (Å²) < 4.78 is 20.7. The highest BCUT2D eigenvalue weighted by atomic mass is 16.5. The summed E-state index contributed by atoms with van der Waals surface area (Å²) in [5.74, 6) is 0.634. The van der Waals surface area contributed by atoms with E-state index in [2.05, 4.69) is 5.32 Å². The van der Waals surface area contributed by atoms with Crippen LogP contribution >= 0.6 is 0 Å². The highest BCUT2D eigenvalue weighted by Gasteiger charge is 2.21. The van der Waals surface area contributed by atoms with E-state index >= 15 is 0 Å². The molecular formula is C16H24N2O6. The van der Waals surface area contributed by atoms with E-state index in [-0.39, 0.29) is 18.4 Å². The number of carbonyl (C=O) groups is 2. The van der Waals surface area contributed by atoms with Crippen molar-refractivity contribution in [3.05, 3.63) is 12.1 Å². The molecule has 2 amide bonds. The van der Waals surface area contributed by atoms with E-state index in [1.807, 2.05) is 0 Å². The lowest BCUT2D eigenvalue weighted by Crippen LogP contribution is -2.40. The number of amides is 2.